The van der Waals surface area contributed by atoms with Crippen LogP contribution in [0.5, 0.6) is 0 Å². The minimum absolute atomic E-state index is 0.420. The molecule has 2 heteroatoms. The van der Waals surface area contributed by atoms with Gasteiger partial charge in [0.2, 0.25) is 0 Å². The number of benzene rings is 1. The third-order valence-electron chi connectivity index (χ3n) is 2.87. The molecular weight excluding hydrogens is 212 g/mol. The quantitative estimate of drug-likeness (QED) is 0.784. The molecule has 0 aliphatic rings. The maximum Gasteiger partial charge on any atom is 0.330 e. The number of aryl methyl sites for hydroxylation is 1. The molecule has 1 aromatic carbocycles. The summed E-state index contributed by atoms with van der Waals surface area (Å²) in [5.41, 5.74) is 3.01. The smallest absolute Gasteiger partial charge is 0.330 e. The van der Waals surface area contributed by atoms with Gasteiger partial charge in [0.05, 0.1) is 0 Å². The minimum atomic E-state index is -0.833. The maximum atomic E-state index is 10.6. The van der Waals surface area contributed by atoms with Crippen LogP contribution >= 0.6 is 0 Å². The molecule has 0 aliphatic carbocycles. The van der Waals surface area contributed by atoms with Crippen molar-refractivity contribution in [3.05, 3.63) is 47.0 Å². The van der Waals surface area contributed by atoms with E-state index in [1.54, 1.807) is 13.0 Å². The van der Waals surface area contributed by atoms with Crippen LogP contribution in [0.2, 0.25) is 0 Å². The number of hydrogen-bond acceptors (Lipinski definition) is 1. The number of hydrogen-bond donors (Lipinski definition) is 1. The van der Waals surface area contributed by atoms with E-state index in [2.05, 4.69) is 38.1 Å². The van der Waals surface area contributed by atoms with Crippen LogP contribution in [-0.2, 0) is 11.2 Å². The van der Waals surface area contributed by atoms with E-state index in [-0.39, 0.29) is 0 Å². The number of carboxylic acid groups (broad SMARTS) is 1. The lowest BCUT2D eigenvalue weighted by atomic mass is 10.00. The Morgan fingerprint density at radius 2 is 1.88 bits per heavy atom. The van der Waals surface area contributed by atoms with Crippen molar-refractivity contribution in [2.45, 2.75) is 39.5 Å². The lowest BCUT2D eigenvalue weighted by Gasteiger charge is -2.06. The van der Waals surface area contributed by atoms with Crippen LogP contribution in [0.25, 0.3) is 0 Å². The van der Waals surface area contributed by atoms with Crippen molar-refractivity contribution in [2.24, 2.45) is 0 Å². The minimum Gasteiger partial charge on any atom is -0.478 e. The molecule has 0 heterocycles. The number of carboxylic acids is 1. The molecule has 92 valence electrons. The molecule has 0 aliphatic heterocycles. The molecule has 1 aromatic rings. The molecule has 2 nitrogen and oxygen atoms in total. The number of carbonyl (C=O) groups is 1. The Hall–Kier alpha value is -1.57. The Morgan fingerprint density at radius 3 is 2.35 bits per heavy atom. The summed E-state index contributed by atoms with van der Waals surface area (Å²) >= 11 is 0. The second kappa shape index (κ2) is 6.24. The first kappa shape index (κ1) is 13.5. The Morgan fingerprint density at radius 1 is 1.29 bits per heavy atom. The molecule has 0 saturated carbocycles. The number of allylic oxidation sites excluding steroid dienone is 1. The van der Waals surface area contributed by atoms with Gasteiger partial charge in [0.1, 0.15) is 0 Å². The van der Waals surface area contributed by atoms with Crippen LogP contribution in [0.4, 0.5) is 0 Å². The van der Waals surface area contributed by atoms with Gasteiger partial charge in [0, 0.05) is 5.57 Å². The van der Waals surface area contributed by atoms with Crippen molar-refractivity contribution in [3.63, 3.8) is 0 Å². The molecule has 0 unspecified atom stereocenters. The lowest BCUT2D eigenvalue weighted by Crippen LogP contribution is -1.96. The normalized spacial score (nSPS) is 11.9. The summed E-state index contributed by atoms with van der Waals surface area (Å²) in [7, 11) is 0. The topological polar surface area (TPSA) is 37.3 Å². The van der Waals surface area contributed by atoms with E-state index in [1.165, 1.54) is 11.1 Å². The zero-order chi connectivity index (χ0) is 12.8. The zero-order valence-electron chi connectivity index (χ0n) is 10.7. The van der Waals surface area contributed by atoms with E-state index in [1.807, 2.05) is 0 Å². The molecule has 0 radical (unpaired) electrons. The van der Waals surface area contributed by atoms with Gasteiger partial charge in [-0.05, 0) is 36.8 Å². The number of rotatable bonds is 5. The van der Waals surface area contributed by atoms with Crippen molar-refractivity contribution < 1.29 is 9.90 Å². The highest BCUT2D eigenvalue weighted by Crippen LogP contribution is 2.15. The summed E-state index contributed by atoms with van der Waals surface area (Å²) in [6, 6.07) is 8.54. The second-order valence-corrected chi connectivity index (χ2v) is 4.63. The molecule has 0 fully saturated rings. The van der Waals surface area contributed by atoms with Gasteiger partial charge in [-0.25, -0.2) is 4.79 Å². The molecule has 0 aromatic heterocycles. The Bertz CT molecular complexity index is 399. The van der Waals surface area contributed by atoms with Crippen molar-refractivity contribution in [1.82, 2.24) is 0 Å². The van der Waals surface area contributed by atoms with Crippen LogP contribution in [0, 0.1) is 0 Å². The second-order valence-electron chi connectivity index (χ2n) is 4.63. The van der Waals surface area contributed by atoms with Crippen molar-refractivity contribution in [3.8, 4) is 0 Å². The highest BCUT2D eigenvalue weighted by molar-refractivity contribution is 5.85. The van der Waals surface area contributed by atoms with E-state index in [4.69, 9.17) is 5.11 Å². The highest BCUT2D eigenvalue weighted by Gasteiger charge is 2.00. The SMILES string of the molecule is C/C(=C\CCc1ccc(C(C)C)cc1)C(=O)O. The van der Waals surface area contributed by atoms with E-state index in [9.17, 15) is 4.79 Å². The van der Waals surface area contributed by atoms with E-state index in [0.29, 0.717) is 11.5 Å². The summed E-state index contributed by atoms with van der Waals surface area (Å²) in [5.74, 6) is -0.279. The van der Waals surface area contributed by atoms with E-state index < -0.39 is 5.97 Å². The van der Waals surface area contributed by atoms with Gasteiger partial charge in [-0.3, -0.25) is 0 Å². The molecule has 0 saturated heterocycles. The molecule has 0 bridgehead atoms. The Labute approximate surface area is 103 Å². The molecule has 1 rings (SSSR count). The summed E-state index contributed by atoms with van der Waals surface area (Å²) < 4.78 is 0. The summed E-state index contributed by atoms with van der Waals surface area (Å²) in [4.78, 5) is 10.6. The van der Waals surface area contributed by atoms with E-state index in [0.717, 1.165) is 12.8 Å². The Kier molecular flexibility index (Phi) is 4.95. The predicted octanol–water partition coefficient (Wildman–Crippen LogP) is 3.77. The van der Waals surface area contributed by atoms with Gasteiger partial charge < -0.3 is 5.11 Å². The fourth-order valence-corrected chi connectivity index (χ4v) is 1.61. The molecule has 0 atom stereocenters. The average molecular weight is 232 g/mol. The van der Waals surface area contributed by atoms with Gasteiger partial charge in [0.15, 0.2) is 0 Å². The summed E-state index contributed by atoms with van der Waals surface area (Å²) in [5, 5.41) is 8.71. The summed E-state index contributed by atoms with van der Waals surface area (Å²) in [6.07, 6.45) is 3.45. The van der Waals surface area contributed by atoms with Crippen LogP contribution in [0.1, 0.15) is 44.2 Å². The fourth-order valence-electron chi connectivity index (χ4n) is 1.61. The highest BCUT2D eigenvalue weighted by atomic mass is 16.4. The van der Waals surface area contributed by atoms with Crippen molar-refractivity contribution in [2.75, 3.05) is 0 Å². The molecule has 0 spiro atoms. The van der Waals surface area contributed by atoms with E-state index >= 15 is 0 Å². The molecular formula is C15H20O2. The van der Waals surface area contributed by atoms with Crippen LogP contribution in [-0.4, -0.2) is 11.1 Å². The number of aliphatic carboxylic acids is 1. The molecule has 17 heavy (non-hydrogen) atoms. The van der Waals surface area contributed by atoms with Gasteiger partial charge in [-0.15, -0.1) is 0 Å². The lowest BCUT2D eigenvalue weighted by molar-refractivity contribution is -0.132. The van der Waals surface area contributed by atoms with Gasteiger partial charge in [-0.1, -0.05) is 44.2 Å². The Balaban J connectivity index is 2.53. The van der Waals surface area contributed by atoms with Crippen LogP contribution in [0.3, 0.4) is 0 Å². The van der Waals surface area contributed by atoms with Gasteiger partial charge in [0.25, 0.3) is 0 Å². The van der Waals surface area contributed by atoms with Gasteiger partial charge >= 0.3 is 5.97 Å². The van der Waals surface area contributed by atoms with Crippen molar-refractivity contribution in [1.29, 1.82) is 0 Å². The van der Waals surface area contributed by atoms with Crippen molar-refractivity contribution >= 4 is 5.97 Å². The molecule has 0 amide bonds. The first-order valence-electron chi connectivity index (χ1n) is 5.99. The fraction of sp³-hybridized carbons (Fsp3) is 0.400. The largest absolute Gasteiger partial charge is 0.478 e. The van der Waals surface area contributed by atoms with Crippen LogP contribution in [0.15, 0.2) is 35.9 Å². The third-order valence-corrected chi connectivity index (χ3v) is 2.87. The predicted molar refractivity (Wildman–Crippen MR) is 70.2 cm³/mol. The van der Waals surface area contributed by atoms with Crippen LogP contribution < -0.4 is 0 Å². The standard InChI is InChI=1S/C15H20O2/c1-11(2)14-9-7-13(8-10-14)6-4-5-12(3)15(16)17/h5,7-11H,4,6H2,1-3H3,(H,16,17)/b12-5+. The third kappa shape index (κ3) is 4.43. The van der Waals surface area contributed by atoms with Gasteiger partial charge in [-0.2, -0.15) is 0 Å². The molecule has 1 N–H and O–H groups in total. The first-order valence-corrected chi connectivity index (χ1v) is 5.99. The zero-order valence-corrected chi connectivity index (χ0v) is 10.7. The average Bonchev–Trinajstić information content (AvgIpc) is 2.29. The summed E-state index contributed by atoms with van der Waals surface area (Å²) in [6.45, 7) is 5.98. The monoisotopic (exact) mass is 232 g/mol. The maximum absolute atomic E-state index is 10.6. The first-order chi connectivity index (χ1) is 8.00.